The molecule has 0 spiro atoms. The van der Waals surface area contributed by atoms with Crippen molar-refractivity contribution >= 4 is 38.8 Å². The minimum atomic E-state index is -4.09. The van der Waals surface area contributed by atoms with Gasteiger partial charge >= 0.3 is 6.09 Å². The van der Waals surface area contributed by atoms with Gasteiger partial charge in [0.25, 0.3) is 10.0 Å². The standard InChI is InChI=1S/C30H27N7O4S/c1-19(2)34-29-33-15-22(14-31)27(36-29)26-17-37(42(39,40)24-11-9-20(3)10-12-24)28-25(26)13-23(16-32-28)35-30(38)41-18-21-7-5-4-6-8-21/h4-13,15-17,19H,18H2,1-3H3,(H,35,38)(H,33,34,36). The number of amides is 1. The quantitative estimate of drug-likeness (QED) is 0.243. The molecule has 12 heteroatoms. The Hall–Kier alpha value is -5.28. The van der Waals surface area contributed by atoms with Crippen molar-refractivity contribution in [3.05, 3.63) is 95.9 Å². The van der Waals surface area contributed by atoms with Crippen molar-refractivity contribution in [1.82, 2.24) is 18.9 Å². The first-order valence-corrected chi connectivity index (χ1v) is 14.4. The van der Waals surface area contributed by atoms with E-state index in [-0.39, 0.29) is 46.1 Å². The van der Waals surface area contributed by atoms with Crippen LogP contribution in [0.4, 0.5) is 16.4 Å². The molecule has 42 heavy (non-hydrogen) atoms. The Morgan fingerprint density at radius 2 is 1.81 bits per heavy atom. The lowest BCUT2D eigenvalue weighted by Crippen LogP contribution is -2.14. The van der Waals surface area contributed by atoms with Crippen molar-refractivity contribution in [3.63, 3.8) is 0 Å². The third-order valence-electron chi connectivity index (χ3n) is 6.23. The summed E-state index contributed by atoms with van der Waals surface area (Å²) in [4.78, 5) is 25.8. The zero-order valence-electron chi connectivity index (χ0n) is 23.1. The van der Waals surface area contributed by atoms with Crippen LogP contribution in [0.1, 0.15) is 30.5 Å². The Bertz CT molecular complexity index is 1910. The van der Waals surface area contributed by atoms with E-state index in [2.05, 4.69) is 31.7 Å². The summed E-state index contributed by atoms with van der Waals surface area (Å²) in [6, 6.07) is 19.3. The van der Waals surface area contributed by atoms with Crippen LogP contribution in [0.3, 0.4) is 0 Å². The monoisotopic (exact) mass is 581 g/mol. The van der Waals surface area contributed by atoms with E-state index < -0.39 is 16.1 Å². The minimum absolute atomic E-state index is 0.00779. The van der Waals surface area contributed by atoms with Crippen LogP contribution in [0, 0.1) is 18.3 Å². The maximum absolute atomic E-state index is 13.8. The molecule has 0 atom stereocenters. The Morgan fingerprint density at radius 1 is 1.07 bits per heavy atom. The number of nitrogens with one attached hydrogen (secondary N) is 2. The smallest absolute Gasteiger partial charge is 0.412 e. The van der Waals surface area contributed by atoms with Crippen molar-refractivity contribution < 1.29 is 17.9 Å². The normalized spacial score (nSPS) is 11.3. The predicted molar refractivity (Wildman–Crippen MR) is 158 cm³/mol. The van der Waals surface area contributed by atoms with Gasteiger partial charge in [-0.1, -0.05) is 48.0 Å². The first-order valence-electron chi connectivity index (χ1n) is 13.0. The van der Waals surface area contributed by atoms with Gasteiger partial charge < -0.3 is 10.1 Å². The first-order chi connectivity index (χ1) is 20.2. The second-order valence-corrected chi connectivity index (χ2v) is 11.6. The van der Waals surface area contributed by atoms with Crippen LogP contribution < -0.4 is 10.6 Å². The summed E-state index contributed by atoms with van der Waals surface area (Å²) in [5.41, 5.74) is 2.75. The average Bonchev–Trinajstić information content (AvgIpc) is 3.36. The van der Waals surface area contributed by atoms with Crippen molar-refractivity contribution in [2.45, 2.75) is 38.3 Å². The number of hydrogen-bond donors (Lipinski definition) is 2. The first kappa shape index (κ1) is 28.3. The Balaban J connectivity index is 1.61. The van der Waals surface area contributed by atoms with Crippen LogP contribution in [0.5, 0.6) is 0 Å². The van der Waals surface area contributed by atoms with Gasteiger partial charge in [-0.2, -0.15) is 5.26 Å². The number of hydrogen-bond acceptors (Lipinski definition) is 9. The molecule has 0 saturated carbocycles. The maximum atomic E-state index is 13.8. The highest BCUT2D eigenvalue weighted by Crippen LogP contribution is 2.34. The number of pyridine rings is 1. The number of aryl methyl sites for hydroxylation is 1. The molecule has 0 aliphatic carbocycles. The summed E-state index contributed by atoms with van der Waals surface area (Å²) in [6.07, 6.45) is 3.39. The lowest BCUT2D eigenvalue weighted by molar-refractivity contribution is 0.155. The third-order valence-corrected chi connectivity index (χ3v) is 7.90. The zero-order valence-corrected chi connectivity index (χ0v) is 23.9. The zero-order chi connectivity index (χ0) is 29.9. The van der Waals surface area contributed by atoms with Crippen LogP contribution in [0.15, 0.2) is 84.1 Å². The number of carbonyl (C=O) groups is 1. The Kier molecular flexibility index (Phi) is 7.86. The molecule has 5 aromatic rings. The fraction of sp³-hybridized carbons (Fsp3) is 0.167. The van der Waals surface area contributed by atoms with Crippen LogP contribution in [0.2, 0.25) is 0 Å². The van der Waals surface area contributed by atoms with E-state index in [1.54, 1.807) is 18.2 Å². The molecule has 3 aromatic heterocycles. The molecule has 0 aliphatic heterocycles. The molecule has 3 heterocycles. The molecule has 0 radical (unpaired) electrons. The van der Waals surface area contributed by atoms with Crippen LogP contribution in [-0.2, 0) is 21.4 Å². The molecule has 11 nitrogen and oxygen atoms in total. The average molecular weight is 582 g/mol. The largest absolute Gasteiger partial charge is 0.444 e. The second-order valence-electron chi connectivity index (χ2n) is 9.81. The summed E-state index contributed by atoms with van der Waals surface area (Å²) < 4.78 is 33.9. The highest BCUT2D eigenvalue weighted by Gasteiger charge is 2.25. The van der Waals surface area contributed by atoms with Gasteiger partial charge in [-0.25, -0.2) is 32.1 Å². The molecule has 0 saturated heterocycles. The Morgan fingerprint density at radius 3 is 2.50 bits per heavy atom. The topological polar surface area (TPSA) is 152 Å². The minimum Gasteiger partial charge on any atom is -0.444 e. The number of benzene rings is 2. The molecule has 5 rings (SSSR count). The fourth-order valence-electron chi connectivity index (χ4n) is 4.22. The number of nitriles is 1. The summed E-state index contributed by atoms with van der Waals surface area (Å²) >= 11 is 0. The number of nitrogens with zero attached hydrogens (tertiary/aromatic N) is 5. The summed E-state index contributed by atoms with van der Waals surface area (Å²) in [7, 11) is -4.09. The van der Waals surface area contributed by atoms with Crippen molar-refractivity contribution in [2.75, 3.05) is 10.6 Å². The molecular weight excluding hydrogens is 554 g/mol. The molecule has 1 amide bonds. The van der Waals surface area contributed by atoms with E-state index in [1.807, 2.05) is 51.1 Å². The molecular formula is C30H27N7O4S. The van der Waals surface area contributed by atoms with E-state index in [1.165, 1.54) is 30.7 Å². The number of fused-ring (bicyclic) bond motifs is 1. The van der Waals surface area contributed by atoms with Gasteiger partial charge in [0.05, 0.1) is 34.2 Å². The van der Waals surface area contributed by atoms with Gasteiger partial charge in [0.1, 0.15) is 12.7 Å². The predicted octanol–water partition coefficient (Wildman–Crippen LogP) is 5.48. The van der Waals surface area contributed by atoms with Gasteiger partial charge in [0.15, 0.2) is 5.65 Å². The van der Waals surface area contributed by atoms with Gasteiger partial charge in [0, 0.05) is 23.2 Å². The van der Waals surface area contributed by atoms with Gasteiger partial charge in [0.2, 0.25) is 5.95 Å². The van der Waals surface area contributed by atoms with Crippen LogP contribution >= 0.6 is 0 Å². The van der Waals surface area contributed by atoms with E-state index in [9.17, 15) is 18.5 Å². The van der Waals surface area contributed by atoms with Gasteiger partial charge in [-0.15, -0.1) is 0 Å². The van der Waals surface area contributed by atoms with Crippen molar-refractivity contribution in [1.29, 1.82) is 5.26 Å². The van der Waals surface area contributed by atoms with Crippen molar-refractivity contribution in [3.8, 4) is 17.3 Å². The molecule has 212 valence electrons. The number of rotatable bonds is 8. The molecule has 0 bridgehead atoms. The highest BCUT2D eigenvalue weighted by molar-refractivity contribution is 7.90. The SMILES string of the molecule is Cc1ccc(S(=O)(=O)n2cc(-c3nc(NC(C)C)ncc3C#N)c3cc(NC(=O)OCc4ccccc4)cnc32)cc1. The van der Waals surface area contributed by atoms with Gasteiger partial charge in [-0.3, -0.25) is 5.32 Å². The van der Waals surface area contributed by atoms with Crippen molar-refractivity contribution in [2.24, 2.45) is 0 Å². The molecule has 0 aliphatic rings. The van der Waals surface area contributed by atoms with E-state index >= 15 is 0 Å². The fourth-order valence-corrected chi connectivity index (χ4v) is 5.54. The molecule has 0 unspecified atom stereocenters. The summed E-state index contributed by atoms with van der Waals surface area (Å²) in [6.45, 7) is 5.76. The van der Waals surface area contributed by atoms with E-state index in [0.717, 1.165) is 15.1 Å². The third kappa shape index (κ3) is 5.91. The Labute approximate surface area is 242 Å². The maximum Gasteiger partial charge on any atom is 0.412 e. The number of anilines is 2. The number of ether oxygens (including phenoxy) is 1. The van der Waals surface area contributed by atoms with Crippen LogP contribution in [0.25, 0.3) is 22.3 Å². The summed E-state index contributed by atoms with van der Waals surface area (Å²) in [5.74, 6) is 0.271. The number of aromatic nitrogens is 4. The lowest BCUT2D eigenvalue weighted by atomic mass is 10.1. The lowest BCUT2D eigenvalue weighted by Gasteiger charge is -2.10. The highest BCUT2D eigenvalue weighted by atomic mass is 32.2. The molecule has 2 aromatic carbocycles. The van der Waals surface area contributed by atoms with E-state index in [0.29, 0.717) is 10.9 Å². The second kappa shape index (κ2) is 11.7. The van der Waals surface area contributed by atoms with Gasteiger partial charge in [-0.05, 0) is 44.5 Å². The number of carbonyl (C=O) groups excluding carboxylic acids is 1. The summed E-state index contributed by atoms with van der Waals surface area (Å²) in [5, 5.41) is 15.9. The molecule has 2 N–H and O–H groups in total. The molecule has 0 fully saturated rings. The van der Waals surface area contributed by atoms with E-state index in [4.69, 9.17) is 4.74 Å². The van der Waals surface area contributed by atoms with Crippen LogP contribution in [-0.4, -0.2) is 39.5 Å².